The van der Waals surface area contributed by atoms with E-state index in [0.717, 1.165) is 18.4 Å². The minimum absolute atomic E-state index is 0.482. The smallest absolute Gasteiger partial charge is 0.178 e. The van der Waals surface area contributed by atoms with Gasteiger partial charge in [-0.1, -0.05) is 13.8 Å². The van der Waals surface area contributed by atoms with Crippen molar-refractivity contribution in [3.05, 3.63) is 29.8 Å². The Kier molecular flexibility index (Phi) is 4.70. The molecular formula is C9H12F2O2S. The average Bonchev–Trinajstić information content (AvgIpc) is 2.05. The van der Waals surface area contributed by atoms with E-state index in [1.807, 2.05) is 13.8 Å². The average molecular weight is 222 g/mol. The number of hydrogen-bond donors (Lipinski definition) is 0. The van der Waals surface area contributed by atoms with Crippen molar-refractivity contribution in [2.75, 3.05) is 6.26 Å². The summed E-state index contributed by atoms with van der Waals surface area (Å²) < 4.78 is 46.6. The lowest BCUT2D eigenvalue weighted by atomic mass is 10.3. The fraction of sp³-hybridized carbons (Fsp3) is 0.333. The molecule has 0 amide bonds. The second-order valence-corrected chi connectivity index (χ2v) is 4.33. The highest BCUT2D eigenvalue weighted by Crippen LogP contribution is 2.14. The molecule has 5 heteroatoms. The molecule has 0 aliphatic heterocycles. The van der Waals surface area contributed by atoms with Crippen molar-refractivity contribution in [2.24, 2.45) is 0 Å². The van der Waals surface area contributed by atoms with Gasteiger partial charge >= 0.3 is 0 Å². The first-order valence-electron chi connectivity index (χ1n) is 4.06. The zero-order valence-electron chi connectivity index (χ0n) is 8.21. The Morgan fingerprint density at radius 3 is 2.00 bits per heavy atom. The first-order chi connectivity index (χ1) is 6.41. The van der Waals surface area contributed by atoms with Crippen LogP contribution in [-0.4, -0.2) is 14.7 Å². The Bertz CT molecular complexity index is 399. The molecule has 0 aliphatic rings. The molecule has 1 rings (SSSR count). The first-order valence-corrected chi connectivity index (χ1v) is 5.95. The molecule has 0 aromatic heterocycles. The van der Waals surface area contributed by atoms with Gasteiger partial charge in [0.15, 0.2) is 9.84 Å². The summed E-state index contributed by atoms with van der Waals surface area (Å²) in [7, 11) is -3.59. The summed E-state index contributed by atoms with van der Waals surface area (Å²) in [5.41, 5.74) is 0. The summed E-state index contributed by atoms with van der Waals surface area (Å²) in [6.07, 6.45) is 0.864. The quantitative estimate of drug-likeness (QED) is 0.684. The number of sulfone groups is 1. The molecule has 0 saturated carbocycles. The Morgan fingerprint density at radius 2 is 1.64 bits per heavy atom. The monoisotopic (exact) mass is 222 g/mol. The van der Waals surface area contributed by atoms with E-state index in [0.29, 0.717) is 6.07 Å². The van der Waals surface area contributed by atoms with Crippen molar-refractivity contribution in [1.82, 2.24) is 0 Å². The topological polar surface area (TPSA) is 34.1 Å². The summed E-state index contributed by atoms with van der Waals surface area (Å²) in [6, 6.07) is 2.34. The van der Waals surface area contributed by atoms with Gasteiger partial charge in [-0.2, -0.15) is 0 Å². The van der Waals surface area contributed by atoms with Crippen LogP contribution in [0, 0.1) is 11.6 Å². The van der Waals surface area contributed by atoms with Crippen molar-refractivity contribution < 1.29 is 17.2 Å². The second kappa shape index (κ2) is 5.05. The van der Waals surface area contributed by atoms with E-state index in [-0.39, 0.29) is 0 Å². The minimum Gasteiger partial charge on any atom is -0.224 e. The van der Waals surface area contributed by atoms with E-state index in [1.54, 1.807) is 0 Å². The SMILES string of the molecule is CC.CS(=O)(=O)c1ccc(F)cc1F. The van der Waals surface area contributed by atoms with Crippen LogP contribution in [0.5, 0.6) is 0 Å². The van der Waals surface area contributed by atoms with Crippen molar-refractivity contribution >= 4 is 9.84 Å². The third-order valence-electron chi connectivity index (χ3n) is 1.29. The molecule has 1 aromatic rings. The molecule has 80 valence electrons. The molecular weight excluding hydrogens is 210 g/mol. The summed E-state index contributed by atoms with van der Waals surface area (Å²) in [4.78, 5) is -0.482. The fourth-order valence-electron chi connectivity index (χ4n) is 0.776. The maximum atomic E-state index is 12.7. The van der Waals surface area contributed by atoms with E-state index in [2.05, 4.69) is 0 Å². The van der Waals surface area contributed by atoms with Crippen molar-refractivity contribution in [1.29, 1.82) is 0 Å². The van der Waals surface area contributed by atoms with Crippen LogP contribution >= 0.6 is 0 Å². The number of benzene rings is 1. The molecule has 0 bridgehead atoms. The standard InChI is InChI=1S/C7H6F2O2S.C2H6/c1-12(10,11)7-3-2-5(8)4-6(7)9;1-2/h2-4H,1H3;1-2H3. The molecule has 2 nitrogen and oxygen atoms in total. The highest BCUT2D eigenvalue weighted by Gasteiger charge is 2.13. The first kappa shape index (κ1) is 13.0. The van der Waals surface area contributed by atoms with Crippen LogP contribution in [0.1, 0.15) is 13.8 Å². The molecule has 0 fully saturated rings. The van der Waals surface area contributed by atoms with Gasteiger partial charge in [-0.05, 0) is 12.1 Å². The van der Waals surface area contributed by atoms with Crippen LogP contribution in [-0.2, 0) is 9.84 Å². The maximum absolute atomic E-state index is 12.7. The second-order valence-electron chi connectivity index (χ2n) is 2.35. The Morgan fingerprint density at radius 1 is 1.14 bits per heavy atom. The van der Waals surface area contributed by atoms with Gasteiger partial charge in [0.2, 0.25) is 0 Å². The van der Waals surface area contributed by atoms with Gasteiger partial charge in [0.05, 0.1) is 0 Å². The molecule has 0 N–H and O–H groups in total. The van der Waals surface area contributed by atoms with Crippen molar-refractivity contribution in [3.63, 3.8) is 0 Å². The van der Waals surface area contributed by atoms with Crippen LogP contribution in [0.15, 0.2) is 23.1 Å². The van der Waals surface area contributed by atoms with Gasteiger partial charge in [-0.15, -0.1) is 0 Å². The lowest BCUT2D eigenvalue weighted by Crippen LogP contribution is -2.00. The summed E-state index contributed by atoms with van der Waals surface area (Å²) in [5.74, 6) is -1.85. The Hall–Kier alpha value is -0.970. The maximum Gasteiger partial charge on any atom is 0.178 e. The molecule has 0 unspecified atom stereocenters. The van der Waals surface area contributed by atoms with E-state index in [1.165, 1.54) is 0 Å². The van der Waals surface area contributed by atoms with E-state index in [9.17, 15) is 17.2 Å². The summed E-state index contributed by atoms with van der Waals surface area (Å²) >= 11 is 0. The van der Waals surface area contributed by atoms with Crippen molar-refractivity contribution in [3.8, 4) is 0 Å². The Balaban J connectivity index is 0.000000791. The van der Waals surface area contributed by atoms with Crippen LogP contribution in [0.3, 0.4) is 0 Å². The highest BCUT2D eigenvalue weighted by molar-refractivity contribution is 7.90. The number of halogens is 2. The predicted octanol–water partition coefficient (Wildman–Crippen LogP) is 2.39. The van der Waals surface area contributed by atoms with E-state index < -0.39 is 26.4 Å². The molecule has 0 aliphatic carbocycles. The largest absolute Gasteiger partial charge is 0.224 e. The lowest BCUT2D eigenvalue weighted by Gasteiger charge is -1.98. The zero-order valence-corrected chi connectivity index (χ0v) is 9.03. The van der Waals surface area contributed by atoms with Gasteiger partial charge in [0.25, 0.3) is 0 Å². The number of rotatable bonds is 1. The van der Waals surface area contributed by atoms with Crippen LogP contribution in [0.4, 0.5) is 8.78 Å². The molecule has 0 atom stereocenters. The molecule has 0 radical (unpaired) electrons. The molecule has 0 heterocycles. The predicted molar refractivity (Wildman–Crippen MR) is 50.8 cm³/mol. The van der Waals surface area contributed by atoms with Gasteiger partial charge < -0.3 is 0 Å². The molecule has 14 heavy (non-hydrogen) atoms. The van der Waals surface area contributed by atoms with E-state index in [4.69, 9.17) is 0 Å². The number of hydrogen-bond acceptors (Lipinski definition) is 2. The minimum atomic E-state index is -3.59. The van der Waals surface area contributed by atoms with Gasteiger partial charge in [-0.25, -0.2) is 17.2 Å². The van der Waals surface area contributed by atoms with Gasteiger partial charge in [0, 0.05) is 12.3 Å². The normalized spacial score (nSPS) is 10.4. The summed E-state index contributed by atoms with van der Waals surface area (Å²) in [5, 5.41) is 0. The van der Waals surface area contributed by atoms with Crippen LogP contribution in [0.25, 0.3) is 0 Å². The Labute approximate surface area is 82.5 Å². The van der Waals surface area contributed by atoms with Crippen molar-refractivity contribution in [2.45, 2.75) is 18.7 Å². The van der Waals surface area contributed by atoms with Gasteiger partial charge in [-0.3, -0.25) is 0 Å². The van der Waals surface area contributed by atoms with Gasteiger partial charge in [0.1, 0.15) is 16.5 Å². The lowest BCUT2D eigenvalue weighted by molar-refractivity contribution is 0.551. The van der Waals surface area contributed by atoms with Crippen LogP contribution in [0.2, 0.25) is 0 Å². The highest BCUT2D eigenvalue weighted by atomic mass is 32.2. The molecule has 1 aromatic carbocycles. The van der Waals surface area contributed by atoms with Crippen LogP contribution < -0.4 is 0 Å². The zero-order chi connectivity index (χ0) is 11.4. The third kappa shape index (κ3) is 3.41. The summed E-state index contributed by atoms with van der Waals surface area (Å²) in [6.45, 7) is 4.00. The molecule has 0 saturated heterocycles. The third-order valence-corrected chi connectivity index (χ3v) is 2.42. The fourth-order valence-corrected chi connectivity index (χ4v) is 1.50. The molecule has 0 spiro atoms. The van der Waals surface area contributed by atoms with E-state index >= 15 is 0 Å².